The van der Waals surface area contributed by atoms with E-state index in [0.717, 1.165) is 6.42 Å². The van der Waals surface area contributed by atoms with E-state index in [-0.39, 0.29) is 11.5 Å². The second-order valence-electron chi connectivity index (χ2n) is 7.07. The van der Waals surface area contributed by atoms with Gasteiger partial charge in [-0.3, -0.25) is 4.90 Å². The Morgan fingerprint density at radius 1 is 1.27 bits per heavy atom. The van der Waals surface area contributed by atoms with Gasteiger partial charge in [-0.15, -0.1) is 0 Å². The number of hydrogen-bond acceptors (Lipinski definition) is 5. The van der Waals surface area contributed by atoms with Gasteiger partial charge >= 0.3 is 12.1 Å². The maximum Gasteiger partial charge on any atom is 0.411 e. The molecule has 2 aliphatic rings. The Hall–Kier alpha value is -1.34. The number of carbonyl (C=O) groups is 2. The number of rotatable bonds is 6. The molecule has 1 aliphatic heterocycles. The van der Waals surface area contributed by atoms with Crippen molar-refractivity contribution in [1.82, 2.24) is 4.90 Å². The molecule has 1 amide bonds. The molecule has 1 N–H and O–H groups in total. The lowest BCUT2D eigenvalue weighted by atomic mass is 10.0. The Morgan fingerprint density at radius 2 is 1.95 bits per heavy atom. The van der Waals surface area contributed by atoms with Crippen molar-refractivity contribution in [2.24, 2.45) is 5.41 Å². The summed E-state index contributed by atoms with van der Waals surface area (Å²) in [6.07, 6.45) is 0.628. The van der Waals surface area contributed by atoms with Crippen LogP contribution in [0.15, 0.2) is 0 Å². The molecule has 0 aromatic rings. The van der Waals surface area contributed by atoms with Crippen LogP contribution in [0.2, 0.25) is 0 Å². The van der Waals surface area contributed by atoms with E-state index in [4.69, 9.17) is 14.2 Å². The third-order valence-corrected chi connectivity index (χ3v) is 4.13. The Kier molecular flexibility index (Phi) is 4.67. The van der Waals surface area contributed by atoms with Crippen LogP contribution in [0, 0.1) is 5.41 Å². The van der Waals surface area contributed by atoms with Crippen molar-refractivity contribution in [1.29, 1.82) is 0 Å². The molecule has 3 atom stereocenters. The van der Waals surface area contributed by atoms with Crippen LogP contribution in [0.4, 0.5) is 4.79 Å². The number of aliphatic carboxylic acids is 1. The van der Waals surface area contributed by atoms with Crippen molar-refractivity contribution < 1.29 is 28.9 Å². The van der Waals surface area contributed by atoms with Crippen LogP contribution in [0.5, 0.6) is 0 Å². The number of methoxy groups -OCH3 is 1. The van der Waals surface area contributed by atoms with E-state index in [1.807, 2.05) is 0 Å². The van der Waals surface area contributed by atoms with E-state index in [2.05, 4.69) is 0 Å². The molecule has 7 nitrogen and oxygen atoms in total. The summed E-state index contributed by atoms with van der Waals surface area (Å²) >= 11 is 0. The van der Waals surface area contributed by atoms with Crippen molar-refractivity contribution in [3.8, 4) is 0 Å². The Labute approximate surface area is 130 Å². The van der Waals surface area contributed by atoms with Crippen LogP contribution in [-0.4, -0.2) is 66.7 Å². The molecule has 0 aromatic heterocycles. The zero-order valence-corrected chi connectivity index (χ0v) is 13.6. The molecular weight excluding hydrogens is 290 g/mol. The van der Waals surface area contributed by atoms with E-state index in [0.29, 0.717) is 26.2 Å². The number of carboxylic acids is 1. The average molecular weight is 315 g/mol. The van der Waals surface area contributed by atoms with Crippen LogP contribution in [-0.2, 0) is 19.0 Å². The first-order valence-electron chi connectivity index (χ1n) is 7.51. The van der Waals surface area contributed by atoms with Crippen LogP contribution < -0.4 is 0 Å². The lowest BCUT2D eigenvalue weighted by Gasteiger charge is -2.28. The molecule has 126 valence electrons. The minimum absolute atomic E-state index is 0.106. The summed E-state index contributed by atoms with van der Waals surface area (Å²) in [5, 5.41) is 9.38. The van der Waals surface area contributed by atoms with E-state index >= 15 is 0 Å². The predicted molar refractivity (Wildman–Crippen MR) is 77.6 cm³/mol. The van der Waals surface area contributed by atoms with Gasteiger partial charge in [0.1, 0.15) is 11.6 Å². The highest BCUT2D eigenvalue weighted by Gasteiger charge is 2.68. The third kappa shape index (κ3) is 3.52. The first-order chi connectivity index (χ1) is 10.2. The number of ether oxygens (including phenoxy) is 3. The second kappa shape index (κ2) is 6.04. The monoisotopic (exact) mass is 315 g/mol. The van der Waals surface area contributed by atoms with Gasteiger partial charge in [0.2, 0.25) is 0 Å². The zero-order valence-electron chi connectivity index (χ0n) is 13.6. The summed E-state index contributed by atoms with van der Waals surface area (Å²) in [5.74, 6) is -0.991. The summed E-state index contributed by atoms with van der Waals surface area (Å²) in [6, 6.07) is -0.939. The number of likely N-dealkylation sites (tertiary alicyclic amines) is 1. The van der Waals surface area contributed by atoms with Gasteiger partial charge < -0.3 is 19.3 Å². The Balaban J connectivity index is 2.01. The van der Waals surface area contributed by atoms with Crippen molar-refractivity contribution in [3.05, 3.63) is 0 Å². The first kappa shape index (κ1) is 17.0. The minimum Gasteiger partial charge on any atom is -0.480 e. The van der Waals surface area contributed by atoms with E-state index in [1.54, 1.807) is 27.9 Å². The van der Waals surface area contributed by atoms with Crippen LogP contribution in [0.1, 0.15) is 33.6 Å². The highest BCUT2D eigenvalue weighted by molar-refractivity contribution is 5.82. The number of carbonyl (C=O) groups excluding carboxylic acids is 1. The van der Waals surface area contributed by atoms with E-state index in [9.17, 15) is 14.7 Å². The molecule has 22 heavy (non-hydrogen) atoms. The highest BCUT2D eigenvalue weighted by Crippen LogP contribution is 2.59. The number of carboxylic acid groups (broad SMARTS) is 1. The topological polar surface area (TPSA) is 85.3 Å². The largest absolute Gasteiger partial charge is 0.480 e. The van der Waals surface area contributed by atoms with Gasteiger partial charge in [-0.05, 0) is 33.6 Å². The van der Waals surface area contributed by atoms with Crippen molar-refractivity contribution >= 4 is 12.1 Å². The number of nitrogens with zero attached hydrogens (tertiary/aromatic N) is 1. The van der Waals surface area contributed by atoms with Gasteiger partial charge in [-0.1, -0.05) is 0 Å². The Bertz CT molecular complexity index is 446. The number of piperidine rings is 1. The molecule has 2 fully saturated rings. The summed E-state index contributed by atoms with van der Waals surface area (Å²) in [7, 11) is 1.60. The number of amides is 1. The summed E-state index contributed by atoms with van der Waals surface area (Å²) in [6.45, 7) is 6.72. The lowest BCUT2D eigenvalue weighted by molar-refractivity contribution is -0.142. The molecule has 0 radical (unpaired) electrons. The summed E-state index contributed by atoms with van der Waals surface area (Å²) in [5.41, 5.74) is -0.886. The summed E-state index contributed by atoms with van der Waals surface area (Å²) < 4.78 is 15.8. The van der Waals surface area contributed by atoms with Crippen molar-refractivity contribution in [2.75, 3.05) is 26.9 Å². The first-order valence-corrected chi connectivity index (χ1v) is 7.51. The number of hydrogen-bond donors (Lipinski definition) is 1. The van der Waals surface area contributed by atoms with Crippen LogP contribution in [0.3, 0.4) is 0 Å². The molecule has 0 aromatic carbocycles. The van der Waals surface area contributed by atoms with Crippen LogP contribution >= 0.6 is 0 Å². The standard InChI is InChI=1S/C15H25NO6/c1-14(2,3)22-13(19)16-10(12(17)18)7-15(8-11(15)16)9-21-6-5-20-4/h10-11H,5-9H2,1-4H3,(H,17,18)/t10-,11+,15-/m0/s1. The molecule has 2 rings (SSSR count). The molecule has 0 unspecified atom stereocenters. The fourth-order valence-corrected chi connectivity index (χ4v) is 3.05. The highest BCUT2D eigenvalue weighted by atomic mass is 16.6. The molecule has 1 saturated heterocycles. The predicted octanol–water partition coefficient (Wildman–Crippen LogP) is 1.50. The SMILES string of the molecule is COCCOC[C@@]12C[C@@H](C(=O)O)N(C(=O)OC(C)(C)C)[C@@H]1C2. The maximum atomic E-state index is 12.3. The van der Waals surface area contributed by atoms with Gasteiger partial charge in [0.15, 0.2) is 0 Å². The molecule has 0 bridgehead atoms. The zero-order chi connectivity index (χ0) is 16.5. The van der Waals surface area contributed by atoms with Crippen LogP contribution in [0.25, 0.3) is 0 Å². The summed E-state index contributed by atoms with van der Waals surface area (Å²) in [4.78, 5) is 25.1. The molecular formula is C15H25NO6. The Morgan fingerprint density at radius 3 is 2.50 bits per heavy atom. The van der Waals surface area contributed by atoms with Crippen molar-refractivity contribution in [3.63, 3.8) is 0 Å². The molecule has 1 saturated carbocycles. The number of fused-ring (bicyclic) bond motifs is 1. The van der Waals surface area contributed by atoms with Gasteiger partial charge in [0.05, 0.1) is 19.8 Å². The average Bonchev–Trinajstić information content (AvgIpc) is 2.97. The van der Waals surface area contributed by atoms with E-state index < -0.39 is 23.7 Å². The molecule has 1 aliphatic carbocycles. The van der Waals surface area contributed by atoms with Gasteiger partial charge in [-0.25, -0.2) is 9.59 Å². The maximum absolute atomic E-state index is 12.3. The second-order valence-corrected chi connectivity index (χ2v) is 7.07. The van der Waals surface area contributed by atoms with Crippen molar-refractivity contribution in [2.45, 2.75) is 51.3 Å². The smallest absolute Gasteiger partial charge is 0.411 e. The minimum atomic E-state index is -0.991. The van der Waals surface area contributed by atoms with Gasteiger partial charge in [-0.2, -0.15) is 0 Å². The fraction of sp³-hybridized carbons (Fsp3) is 0.867. The van der Waals surface area contributed by atoms with E-state index in [1.165, 1.54) is 4.90 Å². The molecule has 0 spiro atoms. The fourth-order valence-electron chi connectivity index (χ4n) is 3.05. The quantitative estimate of drug-likeness (QED) is 0.748. The normalized spacial score (nSPS) is 30.1. The molecule has 7 heteroatoms. The van der Waals surface area contributed by atoms with Gasteiger partial charge in [0, 0.05) is 18.6 Å². The molecule has 1 heterocycles. The lowest BCUT2D eigenvalue weighted by Crippen LogP contribution is -2.45. The third-order valence-electron chi connectivity index (χ3n) is 4.13. The van der Waals surface area contributed by atoms with Gasteiger partial charge in [0.25, 0.3) is 0 Å².